The summed E-state index contributed by atoms with van der Waals surface area (Å²) in [7, 11) is 0. The number of likely N-dealkylation sites (tertiary alicyclic amines) is 1. The highest BCUT2D eigenvalue weighted by Gasteiger charge is 2.52. The minimum atomic E-state index is -0.560. The molecule has 3 atom stereocenters. The van der Waals surface area contributed by atoms with Gasteiger partial charge in [0.25, 0.3) is 0 Å². The summed E-state index contributed by atoms with van der Waals surface area (Å²) in [5.41, 5.74) is 0.354. The number of rotatable bonds is 3. The Bertz CT molecular complexity index is 628. The molecule has 3 rings (SSSR count). The number of hydrogen-bond acceptors (Lipinski definition) is 5. The van der Waals surface area contributed by atoms with Crippen LogP contribution in [-0.4, -0.2) is 54.0 Å². The number of carbonyl (C=O) groups excluding carboxylic acids is 2. The summed E-state index contributed by atoms with van der Waals surface area (Å²) in [6.07, 6.45) is -1.04. The first-order valence-corrected chi connectivity index (χ1v) is 8.42. The number of epoxide rings is 1. The smallest absolute Gasteiger partial charge is 0.410 e. The summed E-state index contributed by atoms with van der Waals surface area (Å²) >= 11 is 0. The van der Waals surface area contributed by atoms with Crippen LogP contribution in [0.15, 0.2) is 30.3 Å². The number of benzene rings is 1. The molecule has 1 N–H and O–H groups in total. The number of piperidine rings is 1. The molecule has 2 aliphatic rings. The van der Waals surface area contributed by atoms with E-state index in [1.165, 1.54) is 0 Å². The van der Waals surface area contributed by atoms with Gasteiger partial charge in [-0.15, -0.1) is 0 Å². The van der Waals surface area contributed by atoms with Crippen molar-refractivity contribution in [2.24, 2.45) is 0 Å². The molecule has 0 saturated carbocycles. The van der Waals surface area contributed by atoms with Crippen LogP contribution in [0.25, 0.3) is 0 Å². The van der Waals surface area contributed by atoms with E-state index in [2.05, 4.69) is 5.32 Å². The Morgan fingerprint density at radius 3 is 2.64 bits per heavy atom. The van der Waals surface area contributed by atoms with Gasteiger partial charge < -0.3 is 24.4 Å². The van der Waals surface area contributed by atoms with Crippen LogP contribution in [0, 0.1) is 0 Å². The van der Waals surface area contributed by atoms with E-state index in [-0.39, 0.29) is 24.9 Å². The average molecular weight is 348 g/mol. The molecule has 2 saturated heterocycles. The van der Waals surface area contributed by atoms with E-state index in [0.717, 1.165) is 5.56 Å². The van der Waals surface area contributed by atoms with Crippen molar-refractivity contribution in [2.45, 2.75) is 51.2 Å². The van der Waals surface area contributed by atoms with Crippen LogP contribution in [0.4, 0.5) is 9.59 Å². The minimum Gasteiger partial charge on any atom is -0.445 e. The van der Waals surface area contributed by atoms with Gasteiger partial charge in [-0.2, -0.15) is 0 Å². The largest absolute Gasteiger partial charge is 0.445 e. The Labute approximate surface area is 147 Å². The Morgan fingerprint density at radius 2 is 1.96 bits per heavy atom. The van der Waals surface area contributed by atoms with Crippen LogP contribution in [0.1, 0.15) is 26.3 Å². The van der Waals surface area contributed by atoms with Crippen LogP contribution in [0.3, 0.4) is 0 Å². The second-order valence-corrected chi connectivity index (χ2v) is 7.34. The molecule has 7 nitrogen and oxygen atoms in total. The first-order chi connectivity index (χ1) is 11.8. The molecule has 136 valence electrons. The van der Waals surface area contributed by atoms with Gasteiger partial charge in [-0.3, -0.25) is 0 Å². The Kier molecular flexibility index (Phi) is 4.85. The van der Waals surface area contributed by atoms with Gasteiger partial charge >= 0.3 is 12.2 Å². The summed E-state index contributed by atoms with van der Waals surface area (Å²) in [5, 5.41) is 2.79. The number of amides is 2. The van der Waals surface area contributed by atoms with E-state index in [9.17, 15) is 9.59 Å². The third kappa shape index (κ3) is 4.85. The molecule has 7 heteroatoms. The maximum absolute atomic E-state index is 12.2. The van der Waals surface area contributed by atoms with Crippen molar-refractivity contribution < 1.29 is 23.8 Å². The molecule has 0 aliphatic carbocycles. The molecular formula is C18H24N2O5. The highest BCUT2D eigenvalue weighted by Crippen LogP contribution is 2.32. The lowest BCUT2D eigenvalue weighted by Gasteiger charge is -2.32. The number of nitrogens with one attached hydrogen (secondary N) is 1. The zero-order valence-corrected chi connectivity index (χ0v) is 14.7. The van der Waals surface area contributed by atoms with Crippen molar-refractivity contribution in [3.63, 3.8) is 0 Å². The Morgan fingerprint density at radius 1 is 1.24 bits per heavy atom. The van der Waals surface area contributed by atoms with Gasteiger partial charge in [0.2, 0.25) is 0 Å². The van der Waals surface area contributed by atoms with E-state index in [0.29, 0.717) is 13.1 Å². The number of hydrogen-bond donors (Lipinski definition) is 1. The van der Waals surface area contributed by atoms with Crippen LogP contribution >= 0.6 is 0 Å². The highest BCUT2D eigenvalue weighted by atomic mass is 16.6. The average Bonchev–Trinajstić information content (AvgIpc) is 3.32. The number of ether oxygens (including phenoxy) is 3. The summed E-state index contributed by atoms with van der Waals surface area (Å²) in [5.74, 6) is 0. The van der Waals surface area contributed by atoms with E-state index >= 15 is 0 Å². The molecule has 2 aliphatic heterocycles. The van der Waals surface area contributed by atoms with Crippen LogP contribution in [0.5, 0.6) is 0 Å². The molecule has 1 unspecified atom stereocenters. The predicted molar refractivity (Wildman–Crippen MR) is 90.0 cm³/mol. The van der Waals surface area contributed by atoms with Gasteiger partial charge in [0.1, 0.15) is 24.4 Å². The van der Waals surface area contributed by atoms with Crippen molar-refractivity contribution in [3.8, 4) is 0 Å². The van der Waals surface area contributed by atoms with Crippen molar-refractivity contribution in [1.82, 2.24) is 10.2 Å². The summed E-state index contributed by atoms with van der Waals surface area (Å²) in [4.78, 5) is 25.8. The van der Waals surface area contributed by atoms with Crippen molar-refractivity contribution in [2.75, 3.05) is 13.1 Å². The topological polar surface area (TPSA) is 80.4 Å². The SMILES string of the molecule is CC(C)(C)OC(=O)N1CC2O[C@H]2[C@@H](NC(=O)OCc2ccccc2)C1. The monoisotopic (exact) mass is 348 g/mol. The van der Waals surface area contributed by atoms with Gasteiger partial charge in [-0.25, -0.2) is 9.59 Å². The molecular weight excluding hydrogens is 324 g/mol. The second kappa shape index (κ2) is 6.92. The molecule has 1 aromatic rings. The fraction of sp³-hybridized carbons (Fsp3) is 0.556. The van der Waals surface area contributed by atoms with E-state index in [1.807, 2.05) is 51.1 Å². The number of nitrogens with zero attached hydrogens (tertiary/aromatic N) is 1. The van der Waals surface area contributed by atoms with Crippen LogP contribution < -0.4 is 5.32 Å². The lowest BCUT2D eigenvalue weighted by molar-refractivity contribution is 0.0205. The summed E-state index contributed by atoms with van der Waals surface area (Å²) in [6, 6.07) is 9.16. The van der Waals surface area contributed by atoms with Gasteiger partial charge in [0, 0.05) is 6.54 Å². The lowest BCUT2D eigenvalue weighted by Crippen LogP contribution is -2.54. The summed E-state index contributed by atoms with van der Waals surface area (Å²) in [6.45, 7) is 6.49. The molecule has 0 radical (unpaired) electrons. The molecule has 2 heterocycles. The standard InChI is InChI=1S/C18H24N2O5/c1-18(2,3)25-17(22)20-9-13(15-14(10-20)24-15)19-16(21)23-11-12-7-5-4-6-8-12/h4-8,13-15H,9-11H2,1-3H3,(H,19,21)/t13-,14?,15-/m0/s1. The van der Waals surface area contributed by atoms with Crippen molar-refractivity contribution in [1.29, 1.82) is 0 Å². The number of carbonyl (C=O) groups is 2. The first-order valence-electron chi connectivity index (χ1n) is 8.42. The quantitative estimate of drug-likeness (QED) is 0.848. The zero-order valence-electron chi connectivity index (χ0n) is 14.7. The van der Waals surface area contributed by atoms with E-state index < -0.39 is 17.8 Å². The number of alkyl carbamates (subject to hydrolysis) is 1. The van der Waals surface area contributed by atoms with Crippen LogP contribution in [-0.2, 0) is 20.8 Å². The highest BCUT2D eigenvalue weighted by molar-refractivity contribution is 5.70. The van der Waals surface area contributed by atoms with Crippen molar-refractivity contribution >= 4 is 12.2 Å². The number of fused-ring (bicyclic) bond motifs is 1. The summed E-state index contributed by atoms with van der Waals surface area (Å²) < 4.78 is 16.2. The minimum absolute atomic E-state index is 0.0549. The lowest BCUT2D eigenvalue weighted by atomic mass is 10.1. The van der Waals surface area contributed by atoms with Gasteiger partial charge in [-0.1, -0.05) is 30.3 Å². The molecule has 0 bridgehead atoms. The second-order valence-electron chi connectivity index (χ2n) is 7.34. The predicted octanol–water partition coefficient (Wildman–Crippen LogP) is 2.30. The fourth-order valence-electron chi connectivity index (χ4n) is 2.81. The van der Waals surface area contributed by atoms with Gasteiger partial charge in [-0.05, 0) is 26.3 Å². The van der Waals surface area contributed by atoms with Gasteiger partial charge in [0.15, 0.2) is 0 Å². The third-order valence-electron chi connectivity index (χ3n) is 4.00. The molecule has 2 fully saturated rings. The fourth-order valence-corrected chi connectivity index (χ4v) is 2.81. The van der Waals surface area contributed by atoms with Crippen molar-refractivity contribution in [3.05, 3.63) is 35.9 Å². The molecule has 1 aromatic carbocycles. The maximum Gasteiger partial charge on any atom is 0.410 e. The normalized spacial score (nSPS) is 24.9. The van der Waals surface area contributed by atoms with E-state index in [4.69, 9.17) is 14.2 Å². The van der Waals surface area contributed by atoms with E-state index in [1.54, 1.807) is 4.90 Å². The van der Waals surface area contributed by atoms with Crippen LogP contribution in [0.2, 0.25) is 0 Å². The molecule has 25 heavy (non-hydrogen) atoms. The molecule has 0 spiro atoms. The van der Waals surface area contributed by atoms with Gasteiger partial charge in [0.05, 0.1) is 12.6 Å². The Hall–Kier alpha value is -2.28. The Balaban J connectivity index is 1.50. The maximum atomic E-state index is 12.2. The third-order valence-corrected chi connectivity index (χ3v) is 4.00. The first kappa shape index (κ1) is 17.5. The molecule has 2 amide bonds. The zero-order chi connectivity index (χ0) is 18.0. The molecule has 0 aromatic heterocycles.